The number of carbonyl (C=O) groups is 1. The van der Waals surface area contributed by atoms with E-state index < -0.39 is 27.6 Å². The predicted octanol–water partition coefficient (Wildman–Crippen LogP) is 0.872. The Morgan fingerprint density at radius 3 is 2.47 bits per heavy atom. The summed E-state index contributed by atoms with van der Waals surface area (Å²) in [5, 5.41) is -0.179. The van der Waals surface area contributed by atoms with Gasteiger partial charge >= 0.3 is 10.3 Å². The highest BCUT2D eigenvalue weighted by Crippen LogP contribution is 2.33. The first-order chi connectivity index (χ1) is 8.80. The van der Waals surface area contributed by atoms with Crippen LogP contribution in [0.3, 0.4) is 0 Å². The maximum absolute atomic E-state index is 11.3. The summed E-state index contributed by atoms with van der Waals surface area (Å²) < 4.78 is 31.3. The molecule has 0 radical (unpaired) electrons. The Balaban J connectivity index is 2.03. The lowest BCUT2D eigenvalue weighted by Gasteiger charge is -2.41. The molecule has 2 rings (SSSR count). The molecule has 1 aromatic rings. The molecule has 1 aliphatic heterocycles. The number of amides is 1. The van der Waals surface area contributed by atoms with Gasteiger partial charge in [-0.15, -0.1) is 11.8 Å². The number of hydrogen-bond donors (Lipinski definition) is 2. The topological polar surface area (TPSA) is 101 Å². The van der Waals surface area contributed by atoms with Crippen LogP contribution in [0, 0.1) is 0 Å². The number of benzene rings is 1. The van der Waals surface area contributed by atoms with Gasteiger partial charge in [0.2, 0.25) is 0 Å². The Bertz CT molecular complexity index is 590. The van der Waals surface area contributed by atoms with Crippen molar-refractivity contribution in [2.75, 3.05) is 0 Å². The first kappa shape index (κ1) is 14.6. The molecule has 0 saturated carbocycles. The molecule has 0 bridgehead atoms. The zero-order chi connectivity index (χ0) is 14.2. The van der Waals surface area contributed by atoms with Gasteiger partial charge in [-0.2, -0.15) is 12.7 Å². The summed E-state index contributed by atoms with van der Waals surface area (Å²) >= 11 is 6.91. The van der Waals surface area contributed by atoms with E-state index in [1.54, 1.807) is 24.3 Å². The number of nitrogens with two attached hydrogens (primary N) is 1. The highest BCUT2D eigenvalue weighted by molar-refractivity contribution is 8.00. The quantitative estimate of drug-likeness (QED) is 0.630. The van der Waals surface area contributed by atoms with Crippen LogP contribution in [0.1, 0.15) is 5.56 Å². The molecule has 6 nitrogen and oxygen atoms in total. The number of carbonyl (C=O) groups excluding carboxylic acids is 1. The van der Waals surface area contributed by atoms with E-state index in [9.17, 15) is 13.2 Å². The van der Waals surface area contributed by atoms with Gasteiger partial charge in [-0.1, -0.05) is 23.7 Å². The molecule has 1 amide bonds. The third kappa shape index (κ3) is 3.03. The SMILES string of the molecule is N[C@@H]1C(=O)N(S(=O)(=O)O)[C@@H]1SCc1ccc(Cl)cc1. The average Bonchev–Trinajstić information content (AvgIpc) is 2.33. The van der Waals surface area contributed by atoms with E-state index in [1.165, 1.54) is 11.8 Å². The first-order valence-corrected chi connectivity index (χ1v) is 8.05. The summed E-state index contributed by atoms with van der Waals surface area (Å²) in [5.74, 6) is -0.342. The highest BCUT2D eigenvalue weighted by atomic mass is 35.5. The minimum atomic E-state index is -4.55. The normalized spacial score (nSPS) is 23.3. The van der Waals surface area contributed by atoms with Gasteiger partial charge in [0.15, 0.2) is 0 Å². The van der Waals surface area contributed by atoms with Crippen molar-refractivity contribution in [3.8, 4) is 0 Å². The van der Waals surface area contributed by atoms with E-state index in [0.717, 1.165) is 5.56 Å². The van der Waals surface area contributed by atoms with Crippen molar-refractivity contribution in [3.05, 3.63) is 34.9 Å². The maximum Gasteiger partial charge on any atom is 0.363 e. The summed E-state index contributed by atoms with van der Waals surface area (Å²) in [5.41, 5.74) is 6.45. The maximum atomic E-state index is 11.3. The minimum Gasteiger partial charge on any atom is -0.317 e. The van der Waals surface area contributed by atoms with Crippen molar-refractivity contribution < 1.29 is 17.8 Å². The van der Waals surface area contributed by atoms with Crippen LogP contribution in [0.2, 0.25) is 5.02 Å². The van der Waals surface area contributed by atoms with Crippen molar-refractivity contribution >= 4 is 39.6 Å². The van der Waals surface area contributed by atoms with Gasteiger partial charge < -0.3 is 5.73 Å². The summed E-state index contributed by atoms with van der Waals surface area (Å²) in [7, 11) is -4.55. The van der Waals surface area contributed by atoms with Crippen molar-refractivity contribution in [2.24, 2.45) is 5.73 Å². The molecular formula is C10H11ClN2O4S2. The molecule has 19 heavy (non-hydrogen) atoms. The number of halogens is 1. The van der Waals surface area contributed by atoms with Crippen LogP contribution < -0.4 is 5.73 Å². The van der Waals surface area contributed by atoms with Crippen LogP contribution in [0.4, 0.5) is 0 Å². The van der Waals surface area contributed by atoms with Crippen molar-refractivity contribution in [1.82, 2.24) is 4.31 Å². The van der Waals surface area contributed by atoms with E-state index in [0.29, 0.717) is 15.1 Å². The Morgan fingerprint density at radius 1 is 1.37 bits per heavy atom. The molecule has 1 fully saturated rings. The zero-order valence-electron chi connectivity index (χ0n) is 9.56. The van der Waals surface area contributed by atoms with Crippen molar-refractivity contribution in [3.63, 3.8) is 0 Å². The van der Waals surface area contributed by atoms with Gasteiger partial charge in [-0.05, 0) is 17.7 Å². The van der Waals surface area contributed by atoms with Gasteiger partial charge in [-0.3, -0.25) is 9.35 Å². The molecule has 3 N–H and O–H groups in total. The summed E-state index contributed by atoms with van der Waals surface area (Å²) in [6.07, 6.45) is 0. The van der Waals surface area contributed by atoms with E-state index in [1.807, 2.05) is 0 Å². The third-order valence-corrected chi connectivity index (χ3v) is 5.26. The van der Waals surface area contributed by atoms with E-state index in [-0.39, 0.29) is 0 Å². The van der Waals surface area contributed by atoms with Gasteiger partial charge in [0, 0.05) is 10.8 Å². The van der Waals surface area contributed by atoms with Gasteiger partial charge in [0.25, 0.3) is 5.91 Å². The number of β-lactam (4-membered cyclic amide) rings is 1. The Morgan fingerprint density at radius 2 is 1.95 bits per heavy atom. The smallest absolute Gasteiger partial charge is 0.317 e. The van der Waals surface area contributed by atoms with E-state index >= 15 is 0 Å². The highest BCUT2D eigenvalue weighted by Gasteiger charge is 2.51. The van der Waals surface area contributed by atoms with Gasteiger partial charge in [0.1, 0.15) is 11.4 Å². The average molecular weight is 323 g/mol. The molecule has 0 aliphatic carbocycles. The lowest BCUT2D eigenvalue weighted by Crippen LogP contribution is -2.68. The van der Waals surface area contributed by atoms with Crippen molar-refractivity contribution in [1.29, 1.82) is 0 Å². The summed E-state index contributed by atoms with van der Waals surface area (Å²) in [6, 6.07) is 6.09. The van der Waals surface area contributed by atoms with Gasteiger partial charge in [-0.25, -0.2) is 0 Å². The molecule has 1 aromatic carbocycles. The molecule has 104 valence electrons. The Kier molecular flexibility index (Phi) is 4.07. The van der Waals surface area contributed by atoms with Crippen LogP contribution in [0.25, 0.3) is 0 Å². The largest absolute Gasteiger partial charge is 0.363 e. The second-order valence-electron chi connectivity index (χ2n) is 3.97. The van der Waals surface area contributed by atoms with Crippen LogP contribution in [0.15, 0.2) is 24.3 Å². The molecular weight excluding hydrogens is 312 g/mol. The second kappa shape index (κ2) is 5.29. The Hall–Kier alpha value is -0.800. The molecule has 0 unspecified atom stereocenters. The fourth-order valence-electron chi connectivity index (χ4n) is 1.64. The van der Waals surface area contributed by atoms with Crippen LogP contribution >= 0.6 is 23.4 Å². The zero-order valence-corrected chi connectivity index (χ0v) is 12.0. The number of nitrogens with zero attached hydrogens (tertiary/aromatic N) is 1. The molecule has 1 aliphatic rings. The lowest BCUT2D eigenvalue weighted by molar-refractivity contribution is -0.137. The van der Waals surface area contributed by atoms with Crippen molar-refractivity contribution in [2.45, 2.75) is 17.2 Å². The molecule has 1 heterocycles. The molecule has 0 spiro atoms. The molecule has 9 heteroatoms. The molecule has 1 saturated heterocycles. The van der Waals surface area contributed by atoms with E-state index in [4.69, 9.17) is 21.9 Å². The fourth-order valence-corrected chi connectivity index (χ4v) is 4.13. The first-order valence-electron chi connectivity index (χ1n) is 5.23. The second-order valence-corrected chi connectivity index (χ2v) is 6.80. The summed E-state index contributed by atoms with van der Waals surface area (Å²) in [6.45, 7) is 0. The van der Waals surface area contributed by atoms with Crippen LogP contribution in [0.5, 0.6) is 0 Å². The minimum absolute atomic E-state index is 0.401. The van der Waals surface area contributed by atoms with Crippen LogP contribution in [-0.2, 0) is 20.9 Å². The number of rotatable bonds is 4. The Labute approximate surface area is 119 Å². The fraction of sp³-hybridized carbons (Fsp3) is 0.300. The third-order valence-electron chi connectivity index (χ3n) is 2.62. The predicted molar refractivity (Wildman–Crippen MR) is 72.9 cm³/mol. The monoisotopic (exact) mass is 322 g/mol. The van der Waals surface area contributed by atoms with Gasteiger partial charge in [0.05, 0.1) is 0 Å². The molecule has 2 atom stereocenters. The number of hydrogen-bond acceptors (Lipinski definition) is 5. The summed E-state index contributed by atoms with van der Waals surface area (Å²) in [4.78, 5) is 11.3. The van der Waals surface area contributed by atoms with Crippen LogP contribution in [-0.4, -0.2) is 34.6 Å². The molecule has 0 aromatic heterocycles. The lowest BCUT2D eigenvalue weighted by atomic mass is 10.2. The van der Waals surface area contributed by atoms with E-state index in [2.05, 4.69) is 0 Å². The standard InChI is InChI=1S/C10H11ClN2O4S2/c11-7-3-1-6(2-4-7)5-18-10-8(12)9(14)13(10)19(15,16)17/h1-4,8,10H,5,12H2,(H,15,16,17)/t8-,10-/m1/s1. The number of thioether (sulfide) groups is 1.